The zero-order chi connectivity index (χ0) is 24.6. The van der Waals surface area contributed by atoms with E-state index >= 15 is 0 Å². The number of allylic oxidation sites excluding steroid dienone is 1. The van der Waals surface area contributed by atoms with Crippen molar-refractivity contribution in [1.29, 1.82) is 0 Å². The topological polar surface area (TPSA) is 94.8 Å². The van der Waals surface area contributed by atoms with Crippen molar-refractivity contribution in [3.05, 3.63) is 11.6 Å². The van der Waals surface area contributed by atoms with Crippen LogP contribution >= 0.6 is 0 Å². The van der Waals surface area contributed by atoms with Gasteiger partial charge in [0.15, 0.2) is 0 Å². The quantitative estimate of drug-likeness (QED) is 0.298. The Bertz CT molecular complexity index is 810. The van der Waals surface area contributed by atoms with Crippen LogP contribution in [0.2, 0.25) is 0 Å². The van der Waals surface area contributed by atoms with Crippen molar-refractivity contribution < 1.29 is 53.6 Å². The van der Waals surface area contributed by atoms with E-state index in [9.17, 15) is 5.11 Å². The Morgan fingerprint density at radius 1 is 1.03 bits per heavy atom. The number of hydrogen-bond donors (Lipinski definition) is 3. The first-order valence-corrected chi connectivity index (χ1v) is 14.7. The summed E-state index contributed by atoms with van der Waals surface area (Å²) in [6, 6.07) is 0. The summed E-state index contributed by atoms with van der Waals surface area (Å²) >= 11 is 0. The van der Waals surface area contributed by atoms with E-state index in [0.29, 0.717) is 10.8 Å². The van der Waals surface area contributed by atoms with E-state index in [4.69, 9.17) is 17.5 Å². The van der Waals surface area contributed by atoms with Crippen molar-refractivity contribution in [3.8, 4) is 0 Å². The molecule has 0 spiro atoms. The van der Waals surface area contributed by atoms with E-state index < -0.39 is 10.4 Å². The largest absolute Gasteiger partial charge is 1.00 e. The molecule has 34 heavy (non-hydrogen) atoms. The normalized spacial score (nSPS) is 40.0. The molecule has 0 aliphatic heterocycles. The summed E-state index contributed by atoms with van der Waals surface area (Å²) in [7, 11) is -4.67. The molecule has 0 amide bonds. The molecule has 4 aliphatic carbocycles. The minimum Gasteiger partial charge on any atom is -1.00 e. The SMILES string of the molecule is CC(C)CCCC(C)[C@H]1CC[C@H]2[C@@H]3CC=C4C[C@@H](O)CC[C@]4(C)[C@H]3CC[C@]12C.O=S(=O)(O)O.[H-].[Na+]. The van der Waals surface area contributed by atoms with Crippen LogP contribution < -0.4 is 29.6 Å². The fourth-order valence-electron chi connectivity index (χ4n) is 8.67. The van der Waals surface area contributed by atoms with E-state index in [1.165, 1.54) is 57.8 Å². The van der Waals surface area contributed by atoms with Crippen LogP contribution in [0.4, 0.5) is 0 Å². The second-order valence-corrected chi connectivity index (χ2v) is 13.5. The second-order valence-electron chi connectivity index (χ2n) is 12.6. The molecule has 5 nitrogen and oxygen atoms in total. The van der Waals surface area contributed by atoms with E-state index in [1.54, 1.807) is 5.57 Å². The Kier molecular flexibility index (Phi) is 10.8. The zero-order valence-electron chi connectivity index (χ0n) is 23.5. The van der Waals surface area contributed by atoms with Crippen LogP contribution in [0.25, 0.3) is 0 Å². The summed E-state index contributed by atoms with van der Waals surface area (Å²) < 4.78 is 31.6. The summed E-state index contributed by atoms with van der Waals surface area (Å²) in [5, 5.41) is 10.2. The van der Waals surface area contributed by atoms with Gasteiger partial charge >= 0.3 is 40.0 Å². The third-order valence-electron chi connectivity index (χ3n) is 10.3. The predicted molar refractivity (Wildman–Crippen MR) is 134 cm³/mol. The molecule has 4 rings (SSSR count). The first-order chi connectivity index (χ1) is 15.3. The van der Waals surface area contributed by atoms with Gasteiger partial charge in [-0.1, -0.05) is 65.5 Å². The van der Waals surface area contributed by atoms with Gasteiger partial charge in [-0.05, 0) is 97.7 Å². The van der Waals surface area contributed by atoms with E-state index in [2.05, 4.69) is 40.7 Å². The van der Waals surface area contributed by atoms with E-state index in [0.717, 1.165) is 48.3 Å². The minimum absolute atomic E-state index is 0. The molecule has 0 bridgehead atoms. The van der Waals surface area contributed by atoms with Gasteiger partial charge in [0.25, 0.3) is 0 Å². The molecule has 3 N–H and O–H groups in total. The monoisotopic (exact) mass is 508 g/mol. The van der Waals surface area contributed by atoms with Crippen LogP contribution in [0.15, 0.2) is 11.6 Å². The van der Waals surface area contributed by atoms with Gasteiger partial charge in [-0.25, -0.2) is 0 Å². The van der Waals surface area contributed by atoms with Crippen molar-refractivity contribution in [1.82, 2.24) is 0 Å². The molecule has 0 radical (unpaired) electrons. The first kappa shape index (κ1) is 30.8. The molecular formula is C27H49NaO5S. The minimum atomic E-state index is -4.67. The Morgan fingerprint density at radius 2 is 1.68 bits per heavy atom. The predicted octanol–water partition coefficient (Wildman–Crippen LogP) is 3.85. The first-order valence-electron chi connectivity index (χ1n) is 13.3. The molecule has 3 fully saturated rings. The Labute approximate surface area is 232 Å². The number of aliphatic hydroxyl groups is 1. The smallest absolute Gasteiger partial charge is 1.00 e. The summed E-state index contributed by atoms with van der Waals surface area (Å²) in [6.45, 7) is 12.6. The molecule has 4 aliphatic rings. The molecule has 1 unspecified atom stereocenters. The summed E-state index contributed by atoms with van der Waals surface area (Å²) in [5.41, 5.74) is 2.60. The molecule has 0 saturated heterocycles. The Hall–Kier alpha value is 0.570. The van der Waals surface area contributed by atoms with Gasteiger partial charge in [-0.3, -0.25) is 9.11 Å². The fourth-order valence-corrected chi connectivity index (χ4v) is 8.67. The van der Waals surface area contributed by atoms with Crippen molar-refractivity contribution in [2.75, 3.05) is 0 Å². The van der Waals surface area contributed by atoms with Crippen molar-refractivity contribution in [2.24, 2.45) is 46.3 Å². The molecule has 0 aromatic rings. The Balaban J connectivity index is 0.000000798. The number of aliphatic hydroxyl groups excluding tert-OH is 1. The average Bonchev–Trinajstić information content (AvgIpc) is 3.04. The number of rotatable bonds is 5. The maximum absolute atomic E-state index is 10.2. The van der Waals surface area contributed by atoms with E-state index in [-0.39, 0.29) is 37.1 Å². The molecule has 0 aromatic carbocycles. The second kappa shape index (κ2) is 12.0. The maximum atomic E-state index is 10.2. The van der Waals surface area contributed by atoms with Crippen LogP contribution in [0, 0.1) is 46.3 Å². The van der Waals surface area contributed by atoms with Crippen molar-refractivity contribution in [2.45, 2.75) is 111 Å². The molecular weight excluding hydrogens is 459 g/mol. The van der Waals surface area contributed by atoms with Crippen LogP contribution in [-0.2, 0) is 10.4 Å². The maximum Gasteiger partial charge on any atom is 1.00 e. The number of fused-ring (bicyclic) bond motifs is 5. The third-order valence-corrected chi connectivity index (χ3v) is 10.3. The van der Waals surface area contributed by atoms with Gasteiger partial charge < -0.3 is 6.53 Å². The molecule has 0 aromatic heterocycles. The molecule has 7 heteroatoms. The zero-order valence-corrected chi connectivity index (χ0v) is 25.3. The van der Waals surface area contributed by atoms with Crippen LogP contribution in [0.1, 0.15) is 107 Å². The summed E-state index contributed by atoms with van der Waals surface area (Å²) in [5.74, 6) is 5.46. The summed E-state index contributed by atoms with van der Waals surface area (Å²) in [4.78, 5) is 0. The molecule has 0 heterocycles. The van der Waals surface area contributed by atoms with E-state index in [1.807, 2.05) is 0 Å². The Morgan fingerprint density at radius 3 is 2.29 bits per heavy atom. The van der Waals surface area contributed by atoms with Gasteiger partial charge in [-0.2, -0.15) is 8.42 Å². The van der Waals surface area contributed by atoms with Gasteiger partial charge in [0.05, 0.1) is 6.10 Å². The molecule has 8 atom stereocenters. The van der Waals surface area contributed by atoms with Gasteiger partial charge in [0, 0.05) is 0 Å². The van der Waals surface area contributed by atoms with Gasteiger partial charge in [0.1, 0.15) is 0 Å². The molecule has 194 valence electrons. The van der Waals surface area contributed by atoms with Crippen LogP contribution in [0.5, 0.6) is 0 Å². The third kappa shape index (κ3) is 6.90. The van der Waals surface area contributed by atoms with Crippen LogP contribution in [0.3, 0.4) is 0 Å². The van der Waals surface area contributed by atoms with Gasteiger partial charge in [0.2, 0.25) is 0 Å². The van der Waals surface area contributed by atoms with Crippen LogP contribution in [-0.4, -0.2) is 28.7 Å². The molecule has 3 saturated carbocycles. The fraction of sp³-hybridized carbons (Fsp3) is 0.926. The standard InChI is InChI=1S/C27H46O.Na.H2O4S.H/c1-18(2)7-6-8-19(3)23-11-12-24-22-10-9-20-17-21(28)13-15-26(20,4)25(22)14-16-27(23,24)5;;1-5(2,3)4;/h9,18-19,21-25,28H,6-8,10-17H2,1-5H3;;(H2,1,2,3,4);/q;+1;;-1/t19?,21-,22-,23+,24-,25-,26-,27+;;;/m0.../s1. The average molecular weight is 509 g/mol. The van der Waals surface area contributed by atoms with Crippen molar-refractivity contribution >= 4 is 10.4 Å². The summed E-state index contributed by atoms with van der Waals surface area (Å²) in [6.07, 6.45) is 17.2. The van der Waals surface area contributed by atoms with Gasteiger partial charge in [-0.15, -0.1) is 0 Å². The number of hydrogen-bond acceptors (Lipinski definition) is 3. The van der Waals surface area contributed by atoms with Crippen molar-refractivity contribution in [3.63, 3.8) is 0 Å².